The first-order valence-electron chi connectivity index (χ1n) is 13.8. The van der Waals surface area contributed by atoms with Gasteiger partial charge < -0.3 is 14.7 Å². The van der Waals surface area contributed by atoms with Crippen LogP contribution in [0.2, 0.25) is 0 Å². The van der Waals surface area contributed by atoms with Gasteiger partial charge in [0.15, 0.2) is 0 Å². The number of aliphatic hydroxyl groups excluding tert-OH is 1. The number of carbonyl (C=O) groups excluding carboxylic acids is 1. The highest BCUT2D eigenvalue weighted by atomic mass is 32.2. The van der Waals surface area contributed by atoms with Gasteiger partial charge in [-0.1, -0.05) is 38.0 Å². The van der Waals surface area contributed by atoms with Crippen LogP contribution in [-0.2, 0) is 21.2 Å². The topological polar surface area (TPSA) is 100 Å². The Morgan fingerprint density at radius 1 is 1.21 bits per heavy atom. The van der Waals surface area contributed by atoms with Gasteiger partial charge in [0, 0.05) is 49.4 Å². The van der Waals surface area contributed by atoms with Crippen LogP contribution in [0.1, 0.15) is 57.1 Å². The molecule has 0 bridgehead atoms. The van der Waals surface area contributed by atoms with Crippen LogP contribution in [0.25, 0.3) is 0 Å². The van der Waals surface area contributed by atoms with Gasteiger partial charge in [-0.3, -0.25) is 9.78 Å². The molecule has 3 atom stereocenters. The molecule has 1 N–H and O–H groups in total. The molecule has 210 valence electrons. The number of fused-ring (bicyclic) bond motifs is 1. The normalized spacial score (nSPS) is 22.3. The monoisotopic (exact) mass is 553 g/mol. The number of aliphatic hydroxyl groups is 1. The molecule has 2 aromatic rings. The van der Waals surface area contributed by atoms with Crippen LogP contribution >= 0.6 is 0 Å². The highest BCUT2D eigenvalue weighted by Gasteiger charge is 2.38. The van der Waals surface area contributed by atoms with Crippen molar-refractivity contribution in [3.63, 3.8) is 0 Å². The van der Waals surface area contributed by atoms with E-state index < -0.39 is 22.2 Å². The zero-order valence-corrected chi connectivity index (χ0v) is 23.9. The summed E-state index contributed by atoms with van der Waals surface area (Å²) in [7, 11) is -2.20. The number of carbonyl (C=O) groups is 1. The Hall–Kier alpha value is -2.93. The molecule has 9 heteroatoms. The van der Waals surface area contributed by atoms with Crippen molar-refractivity contribution in [3.8, 4) is 17.6 Å². The van der Waals surface area contributed by atoms with Gasteiger partial charge in [0.1, 0.15) is 16.7 Å². The Kier molecular flexibility index (Phi) is 9.65. The summed E-state index contributed by atoms with van der Waals surface area (Å²) in [5.74, 6) is 6.87. The van der Waals surface area contributed by atoms with Gasteiger partial charge in [-0.05, 0) is 55.7 Å². The summed E-state index contributed by atoms with van der Waals surface area (Å²) in [6, 6.07) is 7.99. The number of nitrogens with zero attached hydrogens (tertiary/aromatic N) is 3. The van der Waals surface area contributed by atoms with Crippen molar-refractivity contribution in [1.82, 2.24) is 14.2 Å². The second-order valence-electron chi connectivity index (χ2n) is 10.8. The summed E-state index contributed by atoms with van der Waals surface area (Å²) < 4.78 is 35.2. The number of hydrogen-bond acceptors (Lipinski definition) is 6. The van der Waals surface area contributed by atoms with Gasteiger partial charge in [0.25, 0.3) is 0 Å². The number of sulfonamides is 1. The van der Waals surface area contributed by atoms with Crippen molar-refractivity contribution in [2.75, 3.05) is 26.7 Å². The van der Waals surface area contributed by atoms with Crippen molar-refractivity contribution in [1.29, 1.82) is 0 Å². The van der Waals surface area contributed by atoms with E-state index in [1.54, 1.807) is 49.5 Å². The summed E-state index contributed by atoms with van der Waals surface area (Å²) in [4.78, 5) is 18.7. The van der Waals surface area contributed by atoms with Gasteiger partial charge in [0.2, 0.25) is 15.9 Å². The van der Waals surface area contributed by atoms with E-state index in [0.717, 1.165) is 18.4 Å². The first-order valence-corrected chi connectivity index (χ1v) is 15.2. The summed E-state index contributed by atoms with van der Waals surface area (Å²) in [6.45, 7) is 3.74. The van der Waals surface area contributed by atoms with Crippen LogP contribution in [0.15, 0.2) is 47.6 Å². The minimum atomic E-state index is -3.93. The Morgan fingerprint density at radius 2 is 1.92 bits per heavy atom. The first-order chi connectivity index (χ1) is 18.7. The van der Waals surface area contributed by atoms with Gasteiger partial charge in [-0.2, -0.15) is 4.31 Å². The van der Waals surface area contributed by atoms with Crippen LogP contribution < -0.4 is 4.74 Å². The van der Waals surface area contributed by atoms with Crippen LogP contribution in [0, 0.1) is 23.7 Å². The van der Waals surface area contributed by atoms with E-state index in [0.29, 0.717) is 11.5 Å². The van der Waals surface area contributed by atoms with E-state index >= 15 is 0 Å². The molecule has 2 heterocycles. The van der Waals surface area contributed by atoms with Crippen molar-refractivity contribution in [2.24, 2.45) is 11.8 Å². The maximum absolute atomic E-state index is 13.7. The molecule has 1 aromatic carbocycles. The molecule has 1 saturated carbocycles. The number of aromatic nitrogens is 1. The second-order valence-corrected chi connectivity index (χ2v) is 12.7. The third kappa shape index (κ3) is 7.18. The molecule has 1 amide bonds. The molecule has 39 heavy (non-hydrogen) atoms. The van der Waals surface area contributed by atoms with E-state index in [1.165, 1.54) is 23.6 Å². The third-order valence-electron chi connectivity index (χ3n) is 7.68. The molecule has 8 nitrogen and oxygen atoms in total. The number of ether oxygens (including phenoxy) is 1. The molecule has 1 aliphatic carbocycles. The number of amides is 1. The molecule has 2 aliphatic rings. The second kappa shape index (κ2) is 12.9. The number of pyridine rings is 1. The standard InChI is InChI=1S/C30H39N3O5S/c1-22-19-33(23(2)21-34)39(36,37)29-12-11-25(10-9-24-7-5-4-6-8-24)17-27(29)38-28(22)20-32(3)30(35)18-26-13-15-31-16-14-26/h11-17,22-24,28,34H,4-8,18-21H2,1-3H3/t22-,23-,28+/m0/s1. The van der Waals surface area contributed by atoms with Crippen LogP contribution in [0.5, 0.6) is 5.75 Å². The highest BCUT2D eigenvalue weighted by Crippen LogP contribution is 2.34. The van der Waals surface area contributed by atoms with Gasteiger partial charge in [-0.15, -0.1) is 0 Å². The Bertz CT molecular complexity index is 1300. The summed E-state index contributed by atoms with van der Waals surface area (Å²) in [6.07, 6.45) is 8.90. The minimum absolute atomic E-state index is 0.0497. The molecule has 0 saturated heterocycles. The average Bonchev–Trinajstić information content (AvgIpc) is 2.94. The minimum Gasteiger partial charge on any atom is -0.487 e. The largest absolute Gasteiger partial charge is 0.487 e. The highest BCUT2D eigenvalue weighted by molar-refractivity contribution is 7.89. The number of benzene rings is 1. The fourth-order valence-electron chi connectivity index (χ4n) is 5.14. The van der Waals surface area contributed by atoms with Gasteiger partial charge >= 0.3 is 0 Å². The maximum Gasteiger partial charge on any atom is 0.247 e. The fraction of sp³-hybridized carbons (Fsp3) is 0.533. The SMILES string of the molecule is C[C@H]1CN([C@@H](C)CO)S(=O)(=O)c2ccc(C#CC3CCCCC3)cc2O[C@@H]1CN(C)C(=O)Cc1ccncc1. The molecule has 0 spiro atoms. The molecule has 1 aromatic heterocycles. The number of likely N-dealkylation sites (N-methyl/N-ethyl adjacent to an activating group) is 1. The van der Waals surface area contributed by atoms with E-state index in [-0.39, 0.29) is 48.6 Å². The molecule has 0 radical (unpaired) electrons. The zero-order valence-electron chi connectivity index (χ0n) is 23.0. The molecule has 4 rings (SSSR count). The smallest absolute Gasteiger partial charge is 0.247 e. The lowest BCUT2D eigenvalue weighted by molar-refractivity contribution is -0.130. The van der Waals surface area contributed by atoms with E-state index in [9.17, 15) is 18.3 Å². The molecular weight excluding hydrogens is 514 g/mol. The van der Waals surface area contributed by atoms with Crippen LogP contribution in [0.3, 0.4) is 0 Å². The summed E-state index contributed by atoms with van der Waals surface area (Å²) >= 11 is 0. The Balaban J connectivity index is 1.64. The fourth-order valence-corrected chi connectivity index (χ4v) is 6.96. The molecule has 1 fully saturated rings. The zero-order chi connectivity index (χ0) is 28.0. The maximum atomic E-state index is 13.7. The van der Waals surface area contributed by atoms with Crippen molar-refractivity contribution < 1.29 is 23.1 Å². The van der Waals surface area contributed by atoms with E-state index in [2.05, 4.69) is 16.8 Å². The Labute approximate surface area is 232 Å². The molecular formula is C30H39N3O5S. The van der Waals surface area contributed by atoms with Crippen LogP contribution in [0.4, 0.5) is 0 Å². The van der Waals surface area contributed by atoms with E-state index in [4.69, 9.17) is 4.74 Å². The number of rotatable bonds is 6. The summed E-state index contributed by atoms with van der Waals surface area (Å²) in [5.41, 5.74) is 1.57. The van der Waals surface area contributed by atoms with Gasteiger partial charge in [-0.25, -0.2) is 8.42 Å². The van der Waals surface area contributed by atoms with Gasteiger partial charge in [0.05, 0.1) is 19.6 Å². The summed E-state index contributed by atoms with van der Waals surface area (Å²) in [5, 5.41) is 9.86. The quantitative estimate of drug-likeness (QED) is 0.550. The lowest BCUT2D eigenvalue weighted by Crippen LogP contribution is -2.50. The predicted octanol–water partition coefficient (Wildman–Crippen LogP) is 3.48. The van der Waals surface area contributed by atoms with E-state index in [1.807, 2.05) is 19.1 Å². The predicted molar refractivity (Wildman–Crippen MR) is 149 cm³/mol. The molecule has 1 aliphatic heterocycles. The third-order valence-corrected chi connectivity index (χ3v) is 9.70. The number of hydrogen-bond donors (Lipinski definition) is 1. The average molecular weight is 554 g/mol. The van der Waals surface area contributed by atoms with Crippen LogP contribution in [-0.4, -0.2) is 72.5 Å². The first kappa shape index (κ1) is 29.1. The lowest BCUT2D eigenvalue weighted by Gasteiger charge is -2.37. The van der Waals surface area contributed by atoms with Crippen molar-refractivity contribution in [3.05, 3.63) is 53.9 Å². The Morgan fingerprint density at radius 3 is 2.62 bits per heavy atom. The van der Waals surface area contributed by atoms with Crippen molar-refractivity contribution in [2.45, 2.75) is 69.4 Å². The lowest BCUT2D eigenvalue weighted by atomic mass is 9.90. The molecule has 0 unspecified atom stereocenters. The van der Waals surface area contributed by atoms with Crippen molar-refractivity contribution >= 4 is 15.9 Å².